The molecule has 2 aromatic carbocycles. The van der Waals surface area contributed by atoms with Crippen molar-refractivity contribution in [3.63, 3.8) is 0 Å². The van der Waals surface area contributed by atoms with Gasteiger partial charge in [-0.25, -0.2) is 0 Å². The standard InChI is InChI=1S/C14H11Cl4N/c15-10-3-1-9(2-4-10)5-6-19-14-8-12(17)11(16)7-13(14)18/h1-4,7-8,19H,5-6H2. The maximum absolute atomic E-state index is 6.08. The molecule has 2 rings (SSSR count). The second kappa shape index (κ2) is 6.71. The van der Waals surface area contributed by atoms with E-state index in [4.69, 9.17) is 46.4 Å². The third-order valence-electron chi connectivity index (χ3n) is 2.65. The van der Waals surface area contributed by atoms with Crippen molar-refractivity contribution in [3.8, 4) is 0 Å². The van der Waals surface area contributed by atoms with E-state index in [2.05, 4.69) is 5.32 Å². The van der Waals surface area contributed by atoms with E-state index in [1.165, 1.54) is 5.56 Å². The Morgan fingerprint density at radius 3 is 2.11 bits per heavy atom. The van der Waals surface area contributed by atoms with Crippen LogP contribution >= 0.6 is 46.4 Å². The highest BCUT2D eigenvalue weighted by molar-refractivity contribution is 6.44. The fourth-order valence-corrected chi connectivity index (χ4v) is 2.39. The Hall–Kier alpha value is -0.600. The normalized spacial score (nSPS) is 10.5. The van der Waals surface area contributed by atoms with Gasteiger partial charge in [-0.2, -0.15) is 0 Å². The number of hydrogen-bond acceptors (Lipinski definition) is 1. The van der Waals surface area contributed by atoms with Gasteiger partial charge in [0.05, 0.1) is 20.8 Å². The molecule has 1 nitrogen and oxygen atoms in total. The van der Waals surface area contributed by atoms with E-state index in [1.54, 1.807) is 12.1 Å². The monoisotopic (exact) mass is 333 g/mol. The molecule has 0 aliphatic carbocycles. The van der Waals surface area contributed by atoms with Gasteiger partial charge < -0.3 is 5.32 Å². The average Bonchev–Trinajstić information content (AvgIpc) is 2.38. The van der Waals surface area contributed by atoms with E-state index < -0.39 is 0 Å². The molecule has 0 heterocycles. The van der Waals surface area contributed by atoms with Crippen molar-refractivity contribution in [1.29, 1.82) is 0 Å². The van der Waals surface area contributed by atoms with Gasteiger partial charge in [0.15, 0.2) is 0 Å². The summed E-state index contributed by atoms with van der Waals surface area (Å²) in [6.07, 6.45) is 0.869. The first-order chi connectivity index (χ1) is 9.06. The lowest BCUT2D eigenvalue weighted by Crippen LogP contribution is -2.05. The first-order valence-corrected chi connectivity index (χ1v) is 7.20. The third kappa shape index (κ3) is 4.19. The molecule has 0 spiro atoms. The van der Waals surface area contributed by atoms with Crippen molar-refractivity contribution < 1.29 is 0 Å². The summed E-state index contributed by atoms with van der Waals surface area (Å²) in [5.41, 5.74) is 1.98. The minimum absolute atomic E-state index is 0.454. The van der Waals surface area contributed by atoms with Crippen LogP contribution in [-0.4, -0.2) is 6.54 Å². The average molecular weight is 335 g/mol. The second-order valence-corrected chi connectivity index (χ2v) is 5.71. The molecule has 0 amide bonds. The summed E-state index contributed by atoms with van der Waals surface area (Å²) in [6.45, 7) is 0.749. The zero-order valence-corrected chi connectivity index (χ0v) is 12.9. The van der Waals surface area contributed by atoms with Crippen LogP contribution in [0.3, 0.4) is 0 Å². The van der Waals surface area contributed by atoms with Crippen molar-refractivity contribution in [1.82, 2.24) is 0 Å². The van der Waals surface area contributed by atoms with Crippen LogP contribution < -0.4 is 5.32 Å². The summed E-state index contributed by atoms with van der Waals surface area (Å²) in [6, 6.07) is 11.1. The number of halogens is 4. The van der Waals surface area contributed by atoms with Gasteiger partial charge in [-0.3, -0.25) is 0 Å². The van der Waals surface area contributed by atoms with Crippen LogP contribution in [0.1, 0.15) is 5.56 Å². The van der Waals surface area contributed by atoms with Crippen LogP contribution in [0.15, 0.2) is 36.4 Å². The molecule has 0 saturated heterocycles. The molecular weight excluding hydrogens is 324 g/mol. The maximum Gasteiger partial charge on any atom is 0.0653 e. The number of rotatable bonds is 4. The van der Waals surface area contributed by atoms with Crippen molar-refractivity contribution in [2.24, 2.45) is 0 Å². The number of benzene rings is 2. The van der Waals surface area contributed by atoms with Gasteiger partial charge >= 0.3 is 0 Å². The predicted octanol–water partition coefficient (Wildman–Crippen LogP) is 5.95. The fourth-order valence-electron chi connectivity index (χ4n) is 1.65. The largest absolute Gasteiger partial charge is 0.383 e. The minimum atomic E-state index is 0.454. The van der Waals surface area contributed by atoms with Crippen LogP contribution in [0.4, 0.5) is 5.69 Å². The van der Waals surface area contributed by atoms with Crippen molar-refractivity contribution in [3.05, 3.63) is 62.1 Å². The molecule has 0 atom stereocenters. The molecule has 0 aliphatic rings. The van der Waals surface area contributed by atoms with Gasteiger partial charge in [0, 0.05) is 11.6 Å². The number of nitrogens with one attached hydrogen (secondary N) is 1. The van der Waals surface area contributed by atoms with Gasteiger partial charge in [-0.05, 0) is 36.2 Å². The number of anilines is 1. The van der Waals surface area contributed by atoms with Crippen LogP contribution in [0.2, 0.25) is 20.1 Å². The highest BCUT2D eigenvalue weighted by Gasteiger charge is 2.05. The lowest BCUT2D eigenvalue weighted by Gasteiger charge is -2.10. The molecule has 0 bridgehead atoms. The first-order valence-electron chi connectivity index (χ1n) is 5.69. The quantitative estimate of drug-likeness (QED) is 0.680. The Balaban J connectivity index is 1.96. The molecule has 0 saturated carbocycles. The van der Waals surface area contributed by atoms with Crippen LogP contribution in [0.5, 0.6) is 0 Å². The highest BCUT2D eigenvalue weighted by Crippen LogP contribution is 2.32. The lowest BCUT2D eigenvalue weighted by atomic mass is 10.1. The van der Waals surface area contributed by atoms with Crippen molar-refractivity contribution >= 4 is 52.1 Å². The predicted molar refractivity (Wildman–Crippen MR) is 85.1 cm³/mol. The zero-order valence-electron chi connectivity index (χ0n) is 9.89. The Morgan fingerprint density at radius 2 is 1.42 bits per heavy atom. The first kappa shape index (κ1) is 14.8. The third-order valence-corrected chi connectivity index (χ3v) is 3.94. The number of hydrogen-bond donors (Lipinski definition) is 1. The van der Waals surface area contributed by atoms with Crippen molar-refractivity contribution in [2.75, 3.05) is 11.9 Å². The van der Waals surface area contributed by atoms with Crippen LogP contribution in [0, 0.1) is 0 Å². The molecule has 5 heteroatoms. The SMILES string of the molecule is Clc1ccc(CCNc2cc(Cl)c(Cl)cc2Cl)cc1. The summed E-state index contributed by atoms with van der Waals surface area (Å²) in [4.78, 5) is 0. The smallest absolute Gasteiger partial charge is 0.0653 e. The van der Waals surface area contributed by atoms with E-state index in [1.807, 2.05) is 24.3 Å². The van der Waals surface area contributed by atoms with E-state index in [-0.39, 0.29) is 0 Å². The summed E-state index contributed by atoms with van der Waals surface area (Å²) in [5, 5.41) is 5.48. The van der Waals surface area contributed by atoms with E-state index in [0.717, 1.165) is 23.7 Å². The van der Waals surface area contributed by atoms with Gasteiger partial charge in [-0.1, -0.05) is 58.5 Å². The second-order valence-electron chi connectivity index (χ2n) is 4.05. The van der Waals surface area contributed by atoms with Crippen LogP contribution in [-0.2, 0) is 6.42 Å². The lowest BCUT2D eigenvalue weighted by molar-refractivity contribution is 1.02. The van der Waals surface area contributed by atoms with Gasteiger partial charge in [-0.15, -0.1) is 0 Å². The molecule has 0 aliphatic heterocycles. The van der Waals surface area contributed by atoms with Gasteiger partial charge in [0.25, 0.3) is 0 Å². The molecule has 0 fully saturated rings. The summed E-state index contributed by atoms with van der Waals surface area (Å²) in [5.74, 6) is 0. The Bertz CT molecular complexity index is 566. The Morgan fingerprint density at radius 1 is 0.789 bits per heavy atom. The molecule has 0 aromatic heterocycles. The molecule has 19 heavy (non-hydrogen) atoms. The fraction of sp³-hybridized carbons (Fsp3) is 0.143. The van der Waals surface area contributed by atoms with Crippen molar-refractivity contribution in [2.45, 2.75) is 6.42 Å². The highest BCUT2D eigenvalue weighted by atomic mass is 35.5. The van der Waals surface area contributed by atoms with E-state index in [0.29, 0.717) is 15.1 Å². The molecule has 100 valence electrons. The van der Waals surface area contributed by atoms with Gasteiger partial charge in [0.1, 0.15) is 0 Å². The summed E-state index contributed by atoms with van der Waals surface area (Å²) in [7, 11) is 0. The maximum atomic E-state index is 6.08. The summed E-state index contributed by atoms with van der Waals surface area (Å²) < 4.78 is 0. The zero-order chi connectivity index (χ0) is 13.8. The van der Waals surface area contributed by atoms with E-state index >= 15 is 0 Å². The molecule has 0 unspecified atom stereocenters. The molecular formula is C14H11Cl4N. The molecule has 2 aromatic rings. The Labute approximate surface area is 132 Å². The summed E-state index contributed by atoms with van der Waals surface area (Å²) >= 11 is 23.7. The minimum Gasteiger partial charge on any atom is -0.383 e. The van der Waals surface area contributed by atoms with Crippen LogP contribution in [0.25, 0.3) is 0 Å². The molecule has 0 radical (unpaired) electrons. The van der Waals surface area contributed by atoms with E-state index in [9.17, 15) is 0 Å². The van der Waals surface area contributed by atoms with Gasteiger partial charge in [0.2, 0.25) is 0 Å². The Kier molecular flexibility index (Phi) is 5.23. The topological polar surface area (TPSA) is 12.0 Å². The molecule has 1 N–H and O–H groups in total.